The first-order chi connectivity index (χ1) is 11.4. The van der Waals surface area contributed by atoms with Crippen molar-refractivity contribution < 1.29 is 4.42 Å². The maximum atomic E-state index is 6.17. The number of hydrogen-bond donors (Lipinski definition) is 0. The summed E-state index contributed by atoms with van der Waals surface area (Å²) in [6.45, 7) is 0. The van der Waals surface area contributed by atoms with Gasteiger partial charge in [0.1, 0.15) is 11.2 Å². The number of furan rings is 1. The topological polar surface area (TPSA) is 38.9 Å². The molecular formula is C20H12N2O. The standard InChI is InChI=1S/C20H12N2O/c1-2-9-17-14(7-1)18-19-13(6-5-11-22-19)12-15(20(18)23-17)16-8-3-4-10-21-16/h1-12H. The third kappa shape index (κ3) is 1.77. The number of fused-ring (bicyclic) bond motifs is 5. The van der Waals surface area contributed by atoms with E-state index in [4.69, 9.17) is 4.42 Å². The van der Waals surface area contributed by atoms with Gasteiger partial charge < -0.3 is 4.42 Å². The van der Waals surface area contributed by atoms with Crippen LogP contribution in [0.3, 0.4) is 0 Å². The third-order valence-electron chi connectivity index (χ3n) is 4.16. The molecule has 3 aromatic heterocycles. The van der Waals surface area contributed by atoms with Crippen LogP contribution in [0.2, 0.25) is 0 Å². The molecule has 5 rings (SSSR count). The molecule has 5 aromatic rings. The van der Waals surface area contributed by atoms with Gasteiger partial charge in [0.2, 0.25) is 0 Å². The molecule has 0 fully saturated rings. The minimum Gasteiger partial charge on any atom is -0.455 e. The number of nitrogens with zero attached hydrogens (tertiary/aromatic N) is 2. The van der Waals surface area contributed by atoms with E-state index in [1.165, 1.54) is 0 Å². The van der Waals surface area contributed by atoms with Crippen molar-refractivity contribution in [3.63, 3.8) is 0 Å². The fourth-order valence-corrected chi connectivity index (χ4v) is 3.15. The summed E-state index contributed by atoms with van der Waals surface area (Å²) in [5.41, 5.74) is 4.58. The highest BCUT2D eigenvalue weighted by Gasteiger charge is 2.16. The van der Waals surface area contributed by atoms with Crippen LogP contribution in [0.5, 0.6) is 0 Å². The fraction of sp³-hybridized carbons (Fsp3) is 0. The normalized spacial score (nSPS) is 11.5. The van der Waals surface area contributed by atoms with E-state index in [0.29, 0.717) is 0 Å². The van der Waals surface area contributed by atoms with Crippen LogP contribution in [0.15, 0.2) is 77.5 Å². The highest BCUT2D eigenvalue weighted by atomic mass is 16.3. The summed E-state index contributed by atoms with van der Waals surface area (Å²) < 4.78 is 6.17. The SMILES string of the molecule is c1ccc(-c2cc3cccnc3c3c2oc2ccccc23)nc1. The van der Waals surface area contributed by atoms with Gasteiger partial charge in [-0.25, -0.2) is 0 Å². The van der Waals surface area contributed by atoms with Gasteiger partial charge in [0.15, 0.2) is 0 Å². The van der Waals surface area contributed by atoms with Gasteiger partial charge in [-0.1, -0.05) is 30.3 Å². The Labute approximate surface area is 132 Å². The summed E-state index contributed by atoms with van der Waals surface area (Å²) in [5.74, 6) is 0. The zero-order valence-electron chi connectivity index (χ0n) is 12.2. The number of rotatable bonds is 1. The minimum atomic E-state index is 0.844. The van der Waals surface area contributed by atoms with Crippen LogP contribution in [0, 0.1) is 0 Å². The zero-order chi connectivity index (χ0) is 15.2. The molecule has 3 heterocycles. The Hall–Kier alpha value is -3.20. The Kier molecular flexibility index (Phi) is 2.50. The molecule has 0 amide bonds. The van der Waals surface area contributed by atoms with Crippen molar-refractivity contribution in [2.45, 2.75) is 0 Å². The molecule has 2 aromatic carbocycles. The molecule has 0 aliphatic carbocycles. The van der Waals surface area contributed by atoms with Gasteiger partial charge in [-0.15, -0.1) is 0 Å². The van der Waals surface area contributed by atoms with Crippen molar-refractivity contribution in [1.82, 2.24) is 9.97 Å². The van der Waals surface area contributed by atoms with Crippen LogP contribution in [0.25, 0.3) is 44.1 Å². The van der Waals surface area contributed by atoms with Crippen molar-refractivity contribution in [3.8, 4) is 11.3 Å². The van der Waals surface area contributed by atoms with Crippen molar-refractivity contribution >= 4 is 32.8 Å². The van der Waals surface area contributed by atoms with Crippen LogP contribution in [0.1, 0.15) is 0 Å². The monoisotopic (exact) mass is 296 g/mol. The van der Waals surface area contributed by atoms with Crippen LogP contribution < -0.4 is 0 Å². The van der Waals surface area contributed by atoms with Crippen molar-refractivity contribution in [3.05, 3.63) is 73.1 Å². The molecule has 0 N–H and O–H groups in total. The lowest BCUT2D eigenvalue weighted by Crippen LogP contribution is -1.86. The van der Waals surface area contributed by atoms with Crippen LogP contribution >= 0.6 is 0 Å². The minimum absolute atomic E-state index is 0.844. The number of benzene rings is 2. The maximum absolute atomic E-state index is 6.17. The van der Waals surface area contributed by atoms with E-state index in [-0.39, 0.29) is 0 Å². The smallest absolute Gasteiger partial charge is 0.147 e. The molecule has 0 saturated heterocycles. The Morgan fingerprint density at radius 2 is 1.65 bits per heavy atom. The Morgan fingerprint density at radius 1 is 0.783 bits per heavy atom. The second kappa shape index (κ2) is 4.65. The first-order valence-electron chi connectivity index (χ1n) is 7.52. The summed E-state index contributed by atoms with van der Waals surface area (Å²) in [6.07, 6.45) is 3.63. The molecule has 3 nitrogen and oxygen atoms in total. The lowest BCUT2D eigenvalue weighted by Gasteiger charge is -2.05. The van der Waals surface area contributed by atoms with Gasteiger partial charge in [-0.05, 0) is 30.3 Å². The Bertz CT molecular complexity index is 1160. The van der Waals surface area contributed by atoms with Crippen molar-refractivity contribution in [2.24, 2.45) is 0 Å². The average Bonchev–Trinajstić information content (AvgIpc) is 3.01. The van der Waals surface area contributed by atoms with Gasteiger partial charge in [0.05, 0.1) is 16.6 Å². The lowest BCUT2D eigenvalue weighted by molar-refractivity contribution is 0.670. The van der Waals surface area contributed by atoms with Crippen molar-refractivity contribution in [2.75, 3.05) is 0 Å². The molecule has 0 aliphatic heterocycles. The highest BCUT2D eigenvalue weighted by molar-refractivity contribution is 6.20. The van der Waals surface area contributed by atoms with E-state index in [9.17, 15) is 0 Å². The summed E-state index contributed by atoms with van der Waals surface area (Å²) in [6, 6.07) is 20.1. The molecular weight excluding hydrogens is 284 g/mol. The van der Waals surface area contributed by atoms with Crippen molar-refractivity contribution in [1.29, 1.82) is 0 Å². The lowest BCUT2D eigenvalue weighted by atomic mass is 10.0. The molecule has 0 radical (unpaired) electrons. The first kappa shape index (κ1) is 12.4. The molecule has 0 spiro atoms. The van der Waals surface area contributed by atoms with Crippen LogP contribution in [-0.2, 0) is 0 Å². The number of aromatic nitrogens is 2. The van der Waals surface area contributed by atoms with E-state index >= 15 is 0 Å². The largest absolute Gasteiger partial charge is 0.455 e. The number of hydrogen-bond acceptors (Lipinski definition) is 3. The summed E-state index contributed by atoms with van der Waals surface area (Å²) in [7, 11) is 0. The molecule has 0 atom stereocenters. The van der Waals surface area contributed by atoms with E-state index in [1.807, 2.05) is 48.7 Å². The maximum Gasteiger partial charge on any atom is 0.147 e. The third-order valence-corrected chi connectivity index (χ3v) is 4.16. The van der Waals surface area contributed by atoms with E-state index in [0.717, 1.165) is 44.1 Å². The second-order valence-corrected chi connectivity index (χ2v) is 5.52. The first-order valence-corrected chi connectivity index (χ1v) is 7.52. The van der Waals surface area contributed by atoms with E-state index in [2.05, 4.69) is 28.2 Å². The summed E-state index contributed by atoms with van der Waals surface area (Å²) >= 11 is 0. The van der Waals surface area contributed by atoms with Crippen LogP contribution in [0.4, 0.5) is 0 Å². The van der Waals surface area contributed by atoms with E-state index < -0.39 is 0 Å². The fourth-order valence-electron chi connectivity index (χ4n) is 3.15. The van der Waals surface area contributed by atoms with Gasteiger partial charge in [0, 0.05) is 28.7 Å². The Balaban J connectivity index is 2.05. The average molecular weight is 296 g/mol. The zero-order valence-corrected chi connectivity index (χ0v) is 12.2. The molecule has 0 saturated carbocycles. The van der Waals surface area contributed by atoms with E-state index in [1.54, 1.807) is 6.20 Å². The number of pyridine rings is 2. The number of para-hydroxylation sites is 1. The predicted octanol–water partition coefficient (Wildman–Crippen LogP) is 5.20. The predicted molar refractivity (Wildman–Crippen MR) is 92.3 cm³/mol. The molecule has 0 aliphatic rings. The Morgan fingerprint density at radius 3 is 2.57 bits per heavy atom. The molecule has 0 bridgehead atoms. The summed E-state index contributed by atoms with van der Waals surface area (Å²) in [5, 5.41) is 3.23. The van der Waals surface area contributed by atoms with Crippen LogP contribution in [-0.4, -0.2) is 9.97 Å². The van der Waals surface area contributed by atoms with Gasteiger partial charge >= 0.3 is 0 Å². The molecule has 0 unspecified atom stereocenters. The quantitative estimate of drug-likeness (QED) is 0.427. The molecule has 3 heteroatoms. The summed E-state index contributed by atoms with van der Waals surface area (Å²) in [4.78, 5) is 9.08. The molecule has 23 heavy (non-hydrogen) atoms. The highest BCUT2D eigenvalue weighted by Crippen LogP contribution is 2.39. The molecule has 108 valence electrons. The second-order valence-electron chi connectivity index (χ2n) is 5.52. The van der Waals surface area contributed by atoms with Gasteiger partial charge in [-0.2, -0.15) is 0 Å². The van der Waals surface area contributed by atoms with Gasteiger partial charge in [-0.3, -0.25) is 9.97 Å². The van der Waals surface area contributed by atoms with Gasteiger partial charge in [0.25, 0.3) is 0 Å².